The number of piperidine rings is 1. The third-order valence-corrected chi connectivity index (χ3v) is 5.15. The zero-order valence-corrected chi connectivity index (χ0v) is 16.3. The standard InChI is InChI=1S/C16H22N2O.C5H12O/c19-12-14-1-3-16(4-2-14)18-7-5-13(6-8-18)9-15-10-17-11-15;1-5(2,3)6-4/h1-4,12-13,15,17H,5-11H2;1-4H3. The predicted octanol–water partition coefficient (Wildman–Crippen LogP) is 3.76. The highest BCUT2D eigenvalue weighted by atomic mass is 16.5. The number of nitrogens with zero attached hydrogens (tertiary/aromatic N) is 1. The monoisotopic (exact) mass is 346 g/mol. The average Bonchev–Trinajstić information content (AvgIpc) is 2.59. The Kier molecular flexibility index (Phi) is 7.45. The maximum Gasteiger partial charge on any atom is 0.150 e. The van der Waals surface area contributed by atoms with E-state index in [-0.39, 0.29) is 5.60 Å². The molecule has 0 aromatic heterocycles. The molecule has 2 aliphatic heterocycles. The SMILES string of the molecule is COC(C)(C)C.O=Cc1ccc(N2CCC(CC3CNC3)CC2)cc1. The lowest BCUT2D eigenvalue weighted by Crippen LogP contribution is -2.44. The van der Waals surface area contributed by atoms with Crippen LogP contribution in [0.1, 0.15) is 50.4 Å². The van der Waals surface area contributed by atoms with Crippen molar-refractivity contribution in [3.8, 4) is 0 Å². The molecule has 0 saturated carbocycles. The summed E-state index contributed by atoms with van der Waals surface area (Å²) in [7, 11) is 1.71. The van der Waals surface area contributed by atoms with Gasteiger partial charge in [0.25, 0.3) is 0 Å². The summed E-state index contributed by atoms with van der Waals surface area (Å²) >= 11 is 0. The fourth-order valence-corrected chi connectivity index (χ4v) is 3.18. The number of methoxy groups -OCH3 is 1. The number of ether oxygens (including phenoxy) is 1. The van der Waals surface area contributed by atoms with Gasteiger partial charge in [-0.25, -0.2) is 0 Å². The Morgan fingerprint density at radius 1 is 1.12 bits per heavy atom. The first-order valence-electron chi connectivity index (χ1n) is 9.47. The van der Waals surface area contributed by atoms with Crippen molar-refractivity contribution in [3.63, 3.8) is 0 Å². The van der Waals surface area contributed by atoms with Crippen molar-refractivity contribution in [3.05, 3.63) is 29.8 Å². The summed E-state index contributed by atoms with van der Waals surface area (Å²) in [5.41, 5.74) is 2.06. The topological polar surface area (TPSA) is 41.6 Å². The van der Waals surface area contributed by atoms with E-state index in [0.717, 1.165) is 36.8 Å². The van der Waals surface area contributed by atoms with Gasteiger partial charge in [0.2, 0.25) is 0 Å². The Morgan fingerprint density at radius 2 is 1.68 bits per heavy atom. The van der Waals surface area contributed by atoms with Crippen LogP contribution in [0, 0.1) is 11.8 Å². The molecule has 0 unspecified atom stereocenters. The van der Waals surface area contributed by atoms with Crippen molar-refractivity contribution in [2.24, 2.45) is 11.8 Å². The number of aldehydes is 1. The number of rotatable bonds is 4. The van der Waals surface area contributed by atoms with Crippen LogP contribution in [0.15, 0.2) is 24.3 Å². The molecule has 2 heterocycles. The Labute approximate surface area is 152 Å². The van der Waals surface area contributed by atoms with E-state index >= 15 is 0 Å². The van der Waals surface area contributed by atoms with Crippen LogP contribution >= 0.6 is 0 Å². The second kappa shape index (κ2) is 9.35. The average molecular weight is 347 g/mol. The highest BCUT2D eigenvalue weighted by molar-refractivity contribution is 5.75. The molecule has 1 aromatic carbocycles. The first kappa shape index (κ1) is 19.9. The summed E-state index contributed by atoms with van der Waals surface area (Å²) in [5, 5.41) is 3.36. The molecule has 1 aromatic rings. The van der Waals surface area contributed by atoms with E-state index in [1.807, 2.05) is 32.9 Å². The van der Waals surface area contributed by atoms with Gasteiger partial charge >= 0.3 is 0 Å². The molecule has 2 aliphatic rings. The van der Waals surface area contributed by atoms with Gasteiger partial charge in [0, 0.05) is 31.5 Å². The lowest BCUT2D eigenvalue weighted by Gasteiger charge is -2.37. The summed E-state index contributed by atoms with van der Waals surface area (Å²) in [5.74, 6) is 1.85. The van der Waals surface area contributed by atoms with Crippen LogP contribution in [-0.2, 0) is 4.74 Å². The lowest BCUT2D eigenvalue weighted by molar-refractivity contribution is 0.0397. The summed E-state index contributed by atoms with van der Waals surface area (Å²) in [6.07, 6.45) is 4.94. The highest BCUT2D eigenvalue weighted by Gasteiger charge is 2.25. The van der Waals surface area contributed by atoms with Gasteiger partial charge in [-0.15, -0.1) is 0 Å². The zero-order valence-electron chi connectivity index (χ0n) is 16.3. The number of nitrogens with one attached hydrogen (secondary N) is 1. The van der Waals surface area contributed by atoms with Gasteiger partial charge in [0.15, 0.2) is 0 Å². The largest absolute Gasteiger partial charge is 0.379 e. The smallest absolute Gasteiger partial charge is 0.150 e. The third-order valence-electron chi connectivity index (χ3n) is 5.15. The molecule has 3 rings (SSSR count). The molecule has 4 nitrogen and oxygen atoms in total. The Hall–Kier alpha value is -1.39. The van der Waals surface area contributed by atoms with Gasteiger partial charge in [0.1, 0.15) is 6.29 Å². The highest BCUT2D eigenvalue weighted by Crippen LogP contribution is 2.28. The van der Waals surface area contributed by atoms with E-state index < -0.39 is 0 Å². The molecule has 0 bridgehead atoms. The van der Waals surface area contributed by atoms with Crippen molar-refractivity contribution in [2.45, 2.75) is 45.6 Å². The first-order valence-corrected chi connectivity index (χ1v) is 9.47. The fraction of sp³-hybridized carbons (Fsp3) is 0.667. The van der Waals surface area contributed by atoms with Crippen LogP contribution in [-0.4, -0.2) is 45.2 Å². The van der Waals surface area contributed by atoms with Crippen molar-refractivity contribution >= 4 is 12.0 Å². The first-order chi connectivity index (χ1) is 11.9. The van der Waals surface area contributed by atoms with Crippen molar-refractivity contribution in [1.82, 2.24) is 5.32 Å². The number of carbonyl (C=O) groups excluding carboxylic acids is 1. The molecule has 2 saturated heterocycles. The predicted molar refractivity (Wildman–Crippen MR) is 105 cm³/mol. The Balaban J connectivity index is 0.000000326. The van der Waals surface area contributed by atoms with E-state index in [1.54, 1.807) is 7.11 Å². The van der Waals surface area contributed by atoms with Crippen LogP contribution in [0.4, 0.5) is 5.69 Å². The van der Waals surface area contributed by atoms with Gasteiger partial charge in [-0.05, 0) is 89.2 Å². The minimum Gasteiger partial charge on any atom is -0.379 e. The molecule has 4 heteroatoms. The minimum absolute atomic E-state index is 0.0417. The van der Waals surface area contributed by atoms with Gasteiger partial charge in [-0.1, -0.05) is 0 Å². The molecule has 1 N–H and O–H groups in total. The molecular weight excluding hydrogens is 312 g/mol. The van der Waals surface area contributed by atoms with E-state index in [4.69, 9.17) is 4.74 Å². The van der Waals surface area contributed by atoms with Crippen LogP contribution in [0.25, 0.3) is 0 Å². The molecule has 2 fully saturated rings. The second-order valence-corrected chi connectivity index (χ2v) is 8.22. The number of anilines is 1. The third kappa shape index (κ3) is 6.79. The number of benzene rings is 1. The molecule has 0 spiro atoms. The number of hydrogen-bond donors (Lipinski definition) is 1. The normalized spacial score (nSPS) is 19.0. The molecule has 0 atom stereocenters. The molecule has 140 valence electrons. The van der Waals surface area contributed by atoms with Crippen LogP contribution < -0.4 is 10.2 Å². The van der Waals surface area contributed by atoms with Crippen molar-refractivity contribution < 1.29 is 9.53 Å². The van der Waals surface area contributed by atoms with Crippen molar-refractivity contribution in [1.29, 1.82) is 0 Å². The molecule has 0 aliphatic carbocycles. The van der Waals surface area contributed by atoms with Gasteiger partial charge in [-0.2, -0.15) is 0 Å². The quantitative estimate of drug-likeness (QED) is 0.843. The van der Waals surface area contributed by atoms with Crippen LogP contribution in [0.5, 0.6) is 0 Å². The number of carbonyl (C=O) groups is 1. The van der Waals surface area contributed by atoms with Crippen LogP contribution in [0.2, 0.25) is 0 Å². The molecule has 0 radical (unpaired) electrons. The maximum atomic E-state index is 10.7. The summed E-state index contributed by atoms with van der Waals surface area (Å²) < 4.78 is 4.94. The maximum absolute atomic E-state index is 10.7. The molecular formula is C21H34N2O2. The summed E-state index contributed by atoms with van der Waals surface area (Å²) in [6.45, 7) is 10.8. The lowest BCUT2D eigenvalue weighted by atomic mass is 9.84. The summed E-state index contributed by atoms with van der Waals surface area (Å²) in [6, 6.07) is 7.96. The van der Waals surface area contributed by atoms with Gasteiger partial charge in [-0.3, -0.25) is 4.79 Å². The Bertz CT molecular complexity index is 510. The zero-order chi connectivity index (χ0) is 18.3. The molecule has 0 amide bonds. The second-order valence-electron chi connectivity index (χ2n) is 8.22. The van der Waals surface area contributed by atoms with Crippen molar-refractivity contribution in [2.75, 3.05) is 38.2 Å². The van der Waals surface area contributed by atoms with E-state index in [1.165, 1.54) is 38.0 Å². The van der Waals surface area contributed by atoms with Crippen LogP contribution in [0.3, 0.4) is 0 Å². The molecule has 25 heavy (non-hydrogen) atoms. The number of hydrogen-bond acceptors (Lipinski definition) is 4. The van der Waals surface area contributed by atoms with E-state index in [0.29, 0.717) is 0 Å². The fourth-order valence-electron chi connectivity index (χ4n) is 3.18. The Morgan fingerprint density at radius 3 is 2.08 bits per heavy atom. The van der Waals surface area contributed by atoms with E-state index in [9.17, 15) is 4.79 Å². The minimum atomic E-state index is 0.0417. The summed E-state index contributed by atoms with van der Waals surface area (Å²) in [4.78, 5) is 13.1. The van der Waals surface area contributed by atoms with Gasteiger partial charge in [0.05, 0.1) is 5.60 Å². The van der Waals surface area contributed by atoms with E-state index in [2.05, 4.69) is 22.3 Å². The van der Waals surface area contributed by atoms with Gasteiger partial charge < -0.3 is 15.0 Å².